The number of anilines is 1. The number of hydrogen-bond donors (Lipinski definition) is 1. The highest BCUT2D eigenvalue weighted by Gasteiger charge is 2.34. The molecule has 1 atom stereocenters. The first-order chi connectivity index (χ1) is 12.7. The molecule has 1 N–H and O–H groups in total. The number of nitrogens with zero attached hydrogens (tertiary/aromatic N) is 2. The van der Waals surface area contributed by atoms with Gasteiger partial charge in [-0.15, -0.1) is 0 Å². The van der Waals surface area contributed by atoms with E-state index in [0.29, 0.717) is 16.5 Å². The van der Waals surface area contributed by atoms with E-state index in [1.54, 1.807) is 30.5 Å². The van der Waals surface area contributed by atoms with Crippen molar-refractivity contribution in [1.82, 2.24) is 5.43 Å². The monoisotopic (exact) mass is 383 g/mol. The minimum atomic E-state index is -0.279. The summed E-state index contributed by atoms with van der Waals surface area (Å²) in [6.07, 6.45) is 2.81. The van der Waals surface area contributed by atoms with Crippen LogP contribution in [0.25, 0.3) is 0 Å². The molecule has 1 aliphatic heterocycles. The molecule has 0 saturated heterocycles. The normalized spacial score (nSPS) is 18.4. The van der Waals surface area contributed by atoms with Gasteiger partial charge in [-0.05, 0) is 80.1 Å². The molecular formula is C22H26ClN3O. The fourth-order valence-electron chi connectivity index (χ4n) is 3.73. The third-order valence-electron chi connectivity index (χ3n) is 5.48. The summed E-state index contributed by atoms with van der Waals surface area (Å²) in [5.74, 6) is 0.194. The number of amides is 1. The SMILES string of the molecule is Cc1cc2c(cc1/C=N\NC(=O)c1cccc(Cl)c1)[C@H](C)CC(C)(C)N2C. The second-order valence-electron chi connectivity index (χ2n) is 7.95. The van der Waals surface area contributed by atoms with Crippen molar-refractivity contribution in [3.05, 3.63) is 63.7 Å². The number of halogens is 1. The number of carbonyl (C=O) groups excluding carboxylic acids is 1. The highest BCUT2D eigenvalue weighted by Crippen LogP contribution is 2.43. The molecule has 0 saturated carbocycles. The lowest BCUT2D eigenvalue weighted by atomic mass is 9.79. The quantitative estimate of drug-likeness (QED) is 0.589. The Bertz CT molecular complexity index is 904. The highest BCUT2D eigenvalue weighted by atomic mass is 35.5. The van der Waals surface area contributed by atoms with Gasteiger partial charge in [-0.25, -0.2) is 5.43 Å². The van der Waals surface area contributed by atoms with Gasteiger partial charge in [0.25, 0.3) is 5.91 Å². The molecule has 0 aromatic heterocycles. The standard InChI is InChI=1S/C22H26ClN3O/c1-14-9-20-19(15(2)12-22(3,4)26(20)5)11-17(14)13-24-25-21(27)16-7-6-8-18(23)10-16/h6-11,13,15H,12H2,1-5H3,(H,25,27)/b24-13-/t15-/m1/s1. The molecule has 2 aromatic rings. The van der Waals surface area contributed by atoms with E-state index in [1.807, 2.05) is 0 Å². The zero-order chi connectivity index (χ0) is 19.8. The molecule has 2 aromatic carbocycles. The van der Waals surface area contributed by atoms with E-state index >= 15 is 0 Å². The summed E-state index contributed by atoms with van der Waals surface area (Å²) in [5.41, 5.74) is 7.94. The van der Waals surface area contributed by atoms with E-state index in [2.05, 4.69) is 62.3 Å². The molecule has 1 heterocycles. The van der Waals surface area contributed by atoms with E-state index in [1.165, 1.54) is 11.3 Å². The lowest BCUT2D eigenvalue weighted by Crippen LogP contribution is -2.45. The summed E-state index contributed by atoms with van der Waals surface area (Å²) in [6.45, 7) is 8.90. The van der Waals surface area contributed by atoms with Crippen molar-refractivity contribution in [3.63, 3.8) is 0 Å². The average Bonchev–Trinajstić information content (AvgIpc) is 2.60. The van der Waals surface area contributed by atoms with Crippen molar-refractivity contribution in [2.45, 2.75) is 45.6 Å². The van der Waals surface area contributed by atoms with Gasteiger partial charge in [0.15, 0.2) is 0 Å². The predicted octanol–water partition coefficient (Wildman–Crippen LogP) is 5.13. The first-order valence-corrected chi connectivity index (χ1v) is 9.54. The van der Waals surface area contributed by atoms with Crippen LogP contribution in [0.4, 0.5) is 5.69 Å². The van der Waals surface area contributed by atoms with Crippen LogP contribution in [-0.2, 0) is 0 Å². The summed E-state index contributed by atoms with van der Waals surface area (Å²) in [4.78, 5) is 14.5. The summed E-state index contributed by atoms with van der Waals surface area (Å²) in [5, 5.41) is 4.67. The fraction of sp³-hybridized carbons (Fsp3) is 0.364. The van der Waals surface area contributed by atoms with Gasteiger partial charge >= 0.3 is 0 Å². The Morgan fingerprint density at radius 2 is 2.07 bits per heavy atom. The first kappa shape index (κ1) is 19.4. The number of carbonyl (C=O) groups is 1. The number of rotatable bonds is 3. The first-order valence-electron chi connectivity index (χ1n) is 9.16. The Labute approximate surface area is 166 Å². The van der Waals surface area contributed by atoms with E-state index in [4.69, 9.17) is 11.6 Å². The number of aryl methyl sites for hydroxylation is 1. The maximum Gasteiger partial charge on any atom is 0.271 e. The van der Waals surface area contributed by atoms with Crippen LogP contribution in [0.1, 0.15) is 60.2 Å². The van der Waals surface area contributed by atoms with E-state index in [0.717, 1.165) is 17.5 Å². The minimum Gasteiger partial charge on any atom is -0.369 e. The molecule has 3 rings (SSSR count). The molecular weight excluding hydrogens is 358 g/mol. The molecule has 0 fully saturated rings. The molecule has 5 heteroatoms. The topological polar surface area (TPSA) is 44.7 Å². The van der Waals surface area contributed by atoms with Gasteiger partial charge in [0.05, 0.1) is 6.21 Å². The Balaban J connectivity index is 1.81. The Morgan fingerprint density at radius 3 is 2.78 bits per heavy atom. The number of fused-ring (bicyclic) bond motifs is 1. The van der Waals surface area contributed by atoms with Crippen molar-refractivity contribution in [3.8, 4) is 0 Å². The van der Waals surface area contributed by atoms with Crippen molar-refractivity contribution in [1.29, 1.82) is 0 Å². The zero-order valence-electron chi connectivity index (χ0n) is 16.5. The average molecular weight is 384 g/mol. The van der Waals surface area contributed by atoms with Crippen molar-refractivity contribution in [2.75, 3.05) is 11.9 Å². The van der Waals surface area contributed by atoms with Crippen molar-refractivity contribution in [2.24, 2.45) is 5.10 Å². The van der Waals surface area contributed by atoms with Crippen LogP contribution >= 0.6 is 11.6 Å². The molecule has 0 aliphatic carbocycles. The van der Waals surface area contributed by atoms with Crippen LogP contribution in [0.3, 0.4) is 0 Å². The minimum absolute atomic E-state index is 0.138. The van der Waals surface area contributed by atoms with Gasteiger partial charge in [0, 0.05) is 28.9 Å². The second kappa shape index (κ2) is 7.35. The largest absolute Gasteiger partial charge is 0.369 e. The van der Waals surface area contributed by atoms with Gasteiger partial charge in [0.1, 0.15) is 0 Å². The maximum absolute atomic E-state index is 12.2. The number of benzene rings is 2. The maximum atomic E-state index is 12.2. The Hall–Kier alpha value is -2.33. The molecule has 0 bridgehead atoms. The summed E-state index contributed by atoms with van der Waals surface area (Å²) >= 11 is 5.93. The molecule has 4 nitrogen and oxygen atoms in total. The molecule has 1 aliphatic rings. The third-order valence-corrected chi connectivity index (χ3v) is 5.71. The fourth-order valence-corrected chi connectivity index (χ4v) is 3.92. The summed E-state index contributed by atoms with van der Waals surface area (Å²) in [7, 11) is 2.16. The Morgan fingerprint density at radius 1 is 1.33 bits per heavy atom. The smallest absolute Gasteiger partial charge is 0.271 e. The molecule has 1 amide bonds. The van der Waals surface area contributed by atoms with E-state index < -0.39 is 0 Å². The summed E-state index contributed by atoms with van der Waals surface area (Å²) < 4.78 is 0. The third kappa shape index (κ3) is 4.01. The summed E-state index contributed by atoms with van der Waals surface area (Å²) in [6, 6.07) is 11.2. The molecule has 0 spiro atoms. The zero-order valence-corrected chi connectivity index (χ0v) is 17.3. The van der Waals surface area contributed by atoms with Crippen LogP contribution in [0.5, 0.6) is 0 Å². The number of hydrazone groups is 1. The van der Waals surface area contributed by atoms with Gasteiger partial charge in [0.2, 0.25) is 0 Å². The van der Waals surface area contributed by atoms with Crippen LogP contribution in [0, 0.1) is 6.92 Å². The Kier molecular flexibility index (Phi) is 5.29. The van der Waals surface area contributed by atoms with Crippen LogP contribution < -0.4 is 10.3 Å². The second-order valence-corrected chi connectivity index (χ2v) is 8.39. The van der Waals surface area contributed by atoms with Crippen LogP contribution in [0.15, 0.2) is 41.5 Å². The predicted molar refractivity (Wildman–Crippen MR) is 113 cm³/mol. The lowest BCUT2D eigenvalue weighted by molar-refractivity contribution is 0.0955. The molecule has 142 valence electrons. The van der Waals surface area contributed by atoms with E-state index in [-0.39, 0.29) is 11.4 Å². The van der Waals surface area contributed by atoms with Crippen LogP contribution in [0.2, 0.25) is 5.02 Å². The number of nitrogens with one attached hydrogen (secondary N) is 1. The molecule has 0 unspecified atom stereocenters. The molecule has 27 heavy (non-hydrogen) atoms. The van der Waals surface area contributed by atoms with Gasteiger partial charge in [-0.1, -0.05) is 24.6 Å². The van der Waals surface area contributed by atoms with Crippen LogP contribution in [-0.4, -0.2) is 24.7 Å². The van der Waals surface area contributed by atoms with Crippen molar-refractivity contribution < 1.29 is 4.79 Å². The van der Waals surface area contributed by atoms with Gasteiger partial charge < -0.3 is 4.90 Å². The number of hydrogen-bond acceptors (Lipinski definition) is 3. The van der Waals surface area contributed by atoms with Gasteiger partial charge in [-0.2, -0.15) is 5.10 Å². The van der Waals surface area contributed by atoms with Crippen molar-refractivity contribution >= 4 is 29.4 Å². The highest BCUT2D eigenvalue weighted by molar-refractivity contribution is 6.30. The van der Waals surface area contributed by atoms with Gasteiger partial charge in [-0.3, -0.25) is 4.79 Å². The van der Waals surface area contributed by atoms with E-state index in [9.17, 15) is 4.79 Å². The molecule has 0 radical (unpaired) electrons. The lowest BCUT2D eigenvalue weighted by Gasteiger charge is -2.45.